The minimum Gasteiger partial charge on any atom is -0.481 e. The first-order valence-electron chi connectivity index (χ1n) is 10.8. The van der Waals surface area contributed by atoms with Gasteiger partial charge >= 0.3 is 11.9 Å². The Morgan fingerprint density at radius 1 is 0.914 bits per heavy atom. The number of thiol groups is 1. The molecular weight excluding hydrogens is 496 g/mol. The number of carbonyl (C=O) groups is 5. The summed E-state index contributed by atoms with van der Waals surface area (Å²) in [5.74, 6) is -4.01. The smallest absolute Gasteiger partial charge is 0.326 e. The van der Waals surface area contributed by atoms with Crippen LogP contribution in [-0.4, -0.2) is 81.8 Å². The van der Waals surface area contributed by atoms with E-state index in [-0.39, 0.29) is 31.4 Å². The van der Waals surface area contributed by atoms with Gasteiger partial charge in [0.2, 0.25) is 17.7 Å². The number of carboxylic acids is 2. The fourth-order valence-electron chi connectivity index (χ4n) is 2.98. The van der Waals surface area contributed by atoms with Gasteiger partial charge in [0, 0.05) is 18.6 Å². The Labute approximate surface area is 213 Å². The number of benzene rings is 1. The number of nitrogens with one attached hydrogen (secondary N) is 3. The summed E-state index contributed by atoms with van der Waals surface area (Å²) in [6, 6.07) is 4.29. The lowest BCUT2D eigenvalue weighted by Gasteiger charge is -2.24. The van der Waals surface area contributed by atoms with E-state index in [1.54, 1.807) is 30.3 Å². The van der Waals surface area contributed by atoms with Crippen molar-refractivity contribution < 1.29 is 34.2 Å². The molecule has 3 amide bonds. The van der Waals surface area contributed by atoms with Crippen molar-refractivity contribution in [3.8, 4) is 0 Å². The largest absolute Gasteiger partial charge is 0.481 e. The number of carbonyl (C=O) groups excluding carboxylic acids is 3. The second-order valence-electron chi connectivity index (χ2n) is 7.71. The fraction of sp³-hybridized carbons (Fsp3) is 0.500. The number of hydrogen-bond acceptors (Lipinski definition) is 8. The van der Waals surface area contributed by atoms with Gasteiger partial charge in [-0.15, -0.1) is 0 Å². The zero-order chi connectivity index (χ0) is 26.4. The Bertz CT molecular complexity index is 873. The van der Waals surface area contributed by atoms with Crippen molar-refractivity contribution in [2.75, 3.05) is 17.8 Å². The van der Waals surface area contributed by atoms with E-state index >= 15 is 0 Å². The van der Waals surface area contributed by atoms with E-state index in [4.69, 9.17) is 10.8 Å². The number of hydrogen-bond donors (Lipinski definition) is 7. The molecule has 0 aliphatic carbocycles. The molecular formula is C22H32N4O7S2. The second kappa shape index (κ2) is 16.0. The Morgan fingerprint density at radius 3 is 2.03 bits per heavy atom. The highest BCUT2D eigenvalue weighted by molar-refractivity contribution is 7.98. The molecule has 0 aliphatic rings. The number of nitrogens with two attached hydrogens (primary N) is 1. The molecule has 0 heterocycles. The number of rotatable bonds is 16. The van der Waals surface area contributed by atoms with Crippen LogP contribution < -0.4 is 21.7 Å². The summed E-state index contributed by atoms with van der Waals surface area (Å²) in [7, 11) is 0. The molecule has 7 N–H and O–H groups in total. The van der Waals surface area contributed by atoms with E-state index in [0.29, 0.717) is 5.75 Å². The van der Waals surface area contributed by atoms with Crippen LogP contribution >= 0.6 is 24.4 Å². The van der Waals surface area contributed by atoms with E-state index in [1.165, 1.54) is 11.8 Å². The molecule has 0 radical (unpaired) electrons. The summed E-state index contributed by atoms with van der Waals surface area (Å²) in [5.41, 5.74) is 6.40. The van der Waals surface area contributed by atoms with Crippen molar-refractivity contribution in [2.24, 2.45) is 5.73 Å². The predicted molar refractivity (Wildman–Crippen MR) is 135 cm³/mol. The van der Waals surface area contributed by atoms with Crippen LogP contribution in [0.1, 0.15) is 24.8 Å². The second-order valence-corrected chi connectivity index (χ2v) is 9.07. The summed E-state index contributed by atoms with van der Waals surface area (Å²) in [5, 5.41) is 25.7. The van der Waals surface area contributed by atoms with Gasteiger partial charge in [-0.2, -0.15) is 24.4 Å². The lowest BCUT2D eigenvalue weighted by molar-refractivity contribution is -0.142. The third kappa shape index (κ3) is 11.5. The lowest BCUT2D eigenvalue weighted by Crippen LogP contribution is -2.58. The van der Waals surface area contributed by atoms with Gasteiger partial charge in [-0.1, -0.05) is 30.3 Å². The normalized spacial score (nSPS) is 14.1. The maximum atomic E-state index is 12.9. The molecule has 0 fully saturated rings. The van der Waals surface area contributed by atoms with Crippen LogP contribution in [0.5, 0.6) is 0 Å². The Morgan fingerprint density at radius 2 is 1.49 bits per heavy atom. The molecule has 0 spiro atoms. The molecule has 0 saturated heterocycles. The van der Waals surface area contributed by atoms with Crippen molar-refractivity contribution in [3.63, 3.8) is 0 Å². The topological polar surface area (TPSA) is 188 Å². The van der Waals surface area contributed by atoms with Crippen molar-refractivity contribution in [1.82, 2.24) is 16.0 Å². The maximum Gasteiger partial charge on any atom is 0.326 e. The first-order valence-corrected chi connectivity index (χ1v) is 12.9. The number of amides is 3. The van der Waals surface area contributed by atoms with Gasteiger partial charge in [0.15, 0.2) is 0 Å². The molecule has 1 aromatic carbocycles. The molecule has 35 heavy (non-hydrogen) atoms. The molecule has 1 aromatic rings. The molecule has 13 heteroatoms. The van der Waals surface area contributed by atoms with E-state index in [1.807, 2.05) is 6.26 Å². The third-order valence-electron chi connectivity index (χ3n) is 4.96. The highest BCUT2D eigenvalue weighted by Crippen LogP contribution is 2.07. The predicted octanol–water partition coefficient (Wildman–Crippen LogP) is -0.357. The van der Waals surface area contributed by atoms with Gasteiger partial charge in [0.05, 0.1) is 6.04 Å². The summed E-state index contributed by atoms with van der Waals surface area (Å²) >= 11 is 5.51. The van der Waals surface area contributed by atoms with E-state index < -0.39 is 53.8 Å². The van der Waals surface area contributed by atoms with E-state index in [9.17, 15) is 29.1 Å². The monoisotopic (exact) mass is 528 g/mol. The highest BCUT2D eigenvalue weighted by atomic mass is 32.2. The first-order chi connectivity index (χ1) is 16.6. The molecule has 0 aromatic heterocycles. The van der Waals surface area contributed by atoms with Gasteiger partial charge < -0.3 is 31.9 Å². The molecule has 11 nitrogen and oxygen atoms in total. The van der Waals surface area contributed by atoms with Crippen molar-refractivity contribution >= 4 is 54.1 Å². The standard InChI is InChI=1S/C22H32N4O7S2/c1-35-10-9-15(20(30)25-16(22(32)33)11-13-5-3-2-4-6-13)24-21(31)17(12-34)26-19(29)14(23)7-8-18(27)28/h2-6,14-17,34H,7-12,23H2,1H3,(H,24,31)(H,25,30)(H,26,29)(H,27,28)(H,32,33). The number of carboxylic acid groups (broad SMARTS) is 2. The third-order valence-corrected chi connectivity index (χ3v) is 5.97. The number of aliphatic carboxylic acids is 2. The van der Waals surface area contributed by atoms with Crippen molar-refractivity contribution in [1.29, 1.82) is 0 Å². The van der Waals surface area contributed by atoms with Crippen LogP contribution in [0.15, 0.2) is 30.3 Å². The summed E-state index contributed by atoms with van der Waals surface area (Å²) in [6.45, 7) is 0. The fourth-order valence-corrected chi connectivity index (χ4v) is 3.71. The van der Waals surface area contributed by atoms with Gasteiger partial charge in [-0.3, -0.25) is 19.2 Å². The molecule has 4 unspecified atom stereocenters. The SMILES string of the molecule is CSCCC(NC(=O)C(CS)NC(=O)C(N)CCC(=O)O)C(=O)NC(Cc1ccccc1)C(=O)O. The zero-order valence-corrected chi connectivity index (χ0v) is 21.0. The average molecular weight is 529 g/mol. The lowest BCUT2D eigenvalue weighted by atomic mass is 10.1. The van der Waals surface area contributed by atoms with Gasteiger partial charge in [0.1, 0.15) is 18.1 Å². The van der Waals surface area contributed by atoms with Crippen LogP contribution in [-0.2, 0) is 30.4 Å². The van der Waals surface area contributed by atoms with Crippen molar-refractivity contribution in [2.45, 2.75) is 49.9 Å². The Kier molecular flexibility index (Phi) is 13.8. The first kappa shape index (κ1) is 30.3. The van der Waals surface area contributed by atoms with Crippen LogP contribution in [0.2, 0.25) is 0 Å². The van der Waals surface area contributed by atoms with E-state index in [2.05, 4.69) is 28.6 Å². The molecule has 0 saturated carbocycles. The van der Waals surface area contributed by atoms with Crippen molar-refractivity contribution in [3.05, 3.63) is 35.9 Å². The maximum absolute atomic E-state index is 12.9. The molecule has 4 atom stereocenters. The van der Waals surface area contributed by atoms with Gasteiger partial charge in [0.25, 0.3) is 0 Å². The van der Waals surface area contributed by atoms with Crippen LogP contribution in [0.3, 0.4) is 0 Å². The summed E-state index contributed by atoms with van der Waals surface area (Å²) in [6.07, 6.45) is 1.69. The highest BCUT2D eigenvalue weighted by Gasteiger charge is 2.29. The molecule has 194 valence electrons. The van der Waals surface area contributed by atoms with Gasteiger partial charge in [-0.05, 0) is 30.4 Å². The van der Waals surface area contributed by atoms with Gasteiger partial charge in [-0.25, -0.2) is 4.79 Å². The van der Waals surface area contributed by atoms with Crippen LogP contribution in [0.25, 0.3) is 0 Å². The molecule has 1 rings (SSSR count). The molecule has 0 bridgehead atoms. The quantitative estimate of drug-likeness (QED) is 0.141. The average Bonchev–Trinajstić information content (AvgIpc) is 2.83. The summed E-state index contributed by atoms with van der Waals surface area (Å²) in [4.78, 5) is 60.3. The minimum atomic E-state index is -1.21. The van der Waals surface area contributed by atoms with E-state index in [0.717, 1.165) is 5.56 Å². The van der Waals surface area contributed by atoms with Crippen LogP contribution in [0, 0.1) is 0 Å². The Balaban J connectivity index is 2.85. The number of thioether (sulfide) groups is 1. The Hall–Kier alpha value is -2.77. The zero-order valence-electron chi connectivity index (χ0n) is 19.3. The summed E-state index contributed by atoms with van der Waals surface area (Å²) < 4.78 is 0. The molecule has 0 aliphatic heterocycles. The minimum absolute atomic E-state index is 0.0641. The van der Waals surface area contributed by atoms with Crippen LogP contribution in [0.4, 0.5) is 0 Å².